The maximum atomic E-state index is 13.1. The number of hydrogen-bond acceptors (Lipinski definition) is 4. The number of carbonyl (C=O) groups is 1. The van der Waals surface area contributed by atoms with Gasteiger partial charge in [-0.2, -0.15) is 5.10 Å². The second kappa shape index (κ2) is 6.38. The van der Waals surface area contributed by atoms with Crippen LogP contribution in [0.15, 0.2) is 27.5 Å². The van der Waals surface area contributed by atoms with Gasteiger partial charge in [0, 0.05) is 22.4 Å². The normalized spacial score (nSPS) is 16.3. The van der Waals surface area contributed by atoms with Crippen molar-refractivity contribution in [2.75, 3.05) is 0 Å². The Hall–Kier alpha value is -2.17. The van der Waals surface area contributed by atoms with Crippen LogP contribution in [-0.4, -0.2) is 27.9 Å². The van der Waals surface area contributed by atoms with Gasteiger partial charge in [0.2, 0.25) is 0 Å². The highest BCUT2D eigenvalue weighted by Gasteiger charge is 2.38. The number of nitrogens with zero attached hydrogens (tertiary/aromatic N) is 3. The van der Waals surface area contributed by atoms with Crippen molar-refractivity contribution in [3.05, 3.63) is 39.5 Å². The van der Waals surface area contributed by atoms with Gasteiger partial charge in [0.15, 0.2) is 0 Å². The van der Waals surface area contributed by atoms with E-state index in [-0.39, 0.29) is 11.4 Å². The van der Waals surface area contributed by atoms with Crippen LogP contribution < -0.4 is 5.32 Å². The molecule has 0 spiro atoms. The number of rotatable bonds is 5. The molecule has 2 rings (SSSR count). The zero-order valence-corrected chi connectivity index (χ0v) is 15.9. The van der Waals surface area contributed by atoms with E-state index in [4.69, 9.17) is 0 Å². The molecule has 1 aromatic rings. The number of allylic oxidation sites excluding steroid dienone is 3. The fraction of sp³-hybridized carbons (Fsp3) is 0.526. The molecule has 0 bridgehead atoms. The Morgan fingerprint density at radius 1 is 1.25 bits per heavy atom. The summed E-state index contributed by atoms with van der Waals surface area (Å²) in [6.45, 7) is 17.5. The van der Waals surface area contributed by atoms with E-state index >= 15 is 0 Å². The second-order valence-corrected chi connectivity index (χ2v) is 7.21. The number of hydrogen-bond donors (Lipinski definition) is 1. The van der Waals surface area contributed by atoms with Crippen LogP contribution in [0.5, 0.6) is 0 Å². The molecule has 1 aliphatic carbocycles. The van der Waals surface area contributed by atoms with Gasteiger partial charge in [-0.3, -0.25) is 4.79 Å². The van der Waals surface area contributed by atoms with Crippen molar-refractivity contribution >= 4 is 12.6 Å². The Bertz CT molecular complexity index is 757. The van der Waals surface area contributed by atoms with Crippen molar-refractivity contribution in [2.24, 2.45) is 4.99 Å². The molecule has 24 heavy (non-hydrogen) atoms. The second-order valence-electron chi connectivity index (χ2n) is 7.21. The van der Waals surface area contributed by atoms with Gasteiger partial charge in [-0.1, -0.05) is 5.57 Å². The third-order valence-electron chi connectivity index (χ3n) is 4.87. The molecule has 0 saturated heterocycles. The summed E-state index contributed by atoms with van der Waals surface area (Å²) in [5.74, 6) is 0.558. The van der Waals surface area contributed by atoms with Crippen LogP contribution in [0.25, 0.3) is 0 Å². The van der Waals surface area contributed by atoms with Gasteiger partial charge in [-0.15, -0.1) is 0 Å². The fourth-order valence-corrected chi connectivity index (χ4v) is 2.74. The maximum absolute atomic E-state index is 13.1. The Morgan fingerprint density at radius 3 is 2.21 bits per heavy atom. The average Bonchev–Trinajstić information content (AvgIpc) is 3.19. The summed E-state index contributed by atoms with van der Waals surface area (Å²) < 4.78 is 1.50. The molecule has 0 unspecified atom stereocenters. The first kappa shape index (κ1) is 18.2. The lowest BCUT2D eigenvalue weighted by molar-refractivity contribution is 0.0938. The summed E-state index contributed by atoms with van der Waals surface area (Å²) in [7, 11) is 0. The van der Waals surface area contributed by atoms with E-state index in [1.807, 2.05) is 41.5 Å². The molecule has 0 radical (unpaired) electrons. The maximum Gasteiger partial charge on any atom is 0.278 e. The van der Waals surface area contributed by atoms with Crippen molar-refractivity contribution in [3.63, 3.8) is 0 Å². The standard InChI is InChI=1S/C19H28N4O/c1-11(2)16(13(4)17(20-8)21-19(7)9-10-19)18(24)23-15(6)12(3)14(5)22-23/h21H,8-10H2,1-7H3/b17-13-. The first-order chi connectivity index (χ1) is 11.1. The van der Waals surface area contributed by atoms with Crippen LogP contribution in [0, 0.1) is 20.8 Å². The fourth-order valence-electron chi connectivity index (χ4n) is 2.74. The lowest BCUT2D eigenvalue weighted by Crippen LogP contribution is -2.28. The molecule has 5 heteroatoms. The highest BCUT2D eigenvalue weighted by Crippen LogP contribution is 2.36. The number of aromatic nitrogens is 2. The van der Waals surface area contributed by atoms with Gasteiger partial charge >= 0.3 is 0 Å². The van der Waals surface area contributed by atoms with Crippen LogP contribution >= 0.6 is 0 Å². The van der Waals surface area contributed by atoms with Gasteiger partial charge < -0.3 is 5.32 Å². The van der Waals surface area contributed by atoms with Crippen molar-refractivity contribution in [2.45, 2.75) is 66.8 Å². The van der Waals surface area contributed by atoms with E-state index in [1.54, 1.807) is 0 Å². The Balaban J connectivity index is 2.49. The van der Waals surface area contributed by atoms with E-state index in [0.717, 1.165) is 40.9 Å². The van der Waals surface area contributed by atoms with E-state index in [0.29, 0.717) is 11.4 Å². The lowest BCUT2D eigenvalue weighted by atomic mass is 10.0. The van der Waals surface area contributed by atoms with Crippen molar-refractivity contribution in [3.8, 4) is 0 Å². The van der Waals surface area contributed by atoms with Crippen LogP contribution in [0.3, 0.4) is 0 Å². The highest BCUT2D eigenvalue weighted by molar-refractivity contribution is 6.00. The average molecular weight is 328 g/mol. The number of aryl methyl sites for hydroxylation is 1. The largest absolute Gasteiger partial charge is 0.365 e. The molecule has 1 aromatic heterocycles. The van der Waals surface area contributed by atoms with Crippen molar-refractivity contribution in [1.82, 2.24) is 15.1 Å². The first-order valence-electron chi connectivity index (χ1n) is 8.32. The lowest BCUT2D eigenvalue weighted by Gasteiger charge is -2.18. The van der Waals surface area contributed by atoms with Gasteiger partial charge in [0.05, 0.1) is 5.69 Å². The summed E-state index contributed by atoms with van der Waals surface area (Å²) in [5.41, 5.74) is 5.26. The predicted octanol–water partition coefficient (Wildman–Crippen LogP) is 3.86. The number of carbonyl (C=O) groups excluding carboxylic acids is 1. The van der Waals surface area contributed by atoms with Gasteiger partial charge in [0.25, 0.3) is 5.91 Å². The molecular formula is C19H28N4O. The predicted molar refractivity (Wildman–Crippen MR) is 98.5 cm³/mol. The quantitative estimate of drug-likeness (QED) is 0.507. The van der Waals surface area contributed by atoms with E-state index in [9.17, 15) is 4.79 Å². The third-order valence-corrected chi connectivity index (χ3v) is 4.87. The summed E-state index contributed by atoms with van der Waals surface area (Å²) in [6.07, 6.45) is 2.21. The van der Waals surface area contributed by atoms with E-state index < -0.39 is 0 Å². The van der Waals surface area contributed by atoms with Crippen LogP contribution in [-0.2, 0) is 0 Å². The SMILES string of the molecule is C=N/C(NC1(C)CC1)=C(\C)C(C(=O)n1nc(C)c(C)c1C)=C(C)C. The zero-order chi connectivity index (χ0) is 18.2. The van der Waals surface area contributed by atoms with E-state index in [2.05, 4.69) is 29.0 Å². The molecule has 1 saturated carbocycles. The summed E-state index contributed by atoms with van der Waals surface area (Å²) >= 11 is 0. The topological polar surface area (TPSA) is 59.3 Å². The van der Waals surface area contributed by atoms with Crippen molar-refractivity contribution in [1.29, 1.82) is 0 Å². The van der Waals surface area contributed by atoms with Gasteiger partial charge in [-0.25, -0.2) is 9.67 Å². The molecule has 1 N–H and O–H groups in total. The summed E-state index contributed by atoms with van der Waals surface area (Å²) in [4.78, 5) is 17.3. The van der Waals surface area contributed by atoms with Gasteiger partial charge in [-0.05, 0) is 73.6 Å². The molecule has 0 aliphatic heterocycles. The molecule has 130 valence electrons. The van der Waals surface area contributed by atoms with Crippen LogP contribution in [0.2, 0.25) is 0 Å². The Kier molecular flexibility index (Phi) is 4.83. The third kappa shape index (κ3) is 3.35. The summed E-state index contributed by atoms with van der Waals surface area (Å²) in [5, 5.41) is 7.84. The minimum absolute atomic E-state index is 0.0718. The molecule has 0 atom stereocenters. The monoisotopic (exact) mass is 328 g/mol. The Labute approximate surface area is 144 Å². The molecule has 0 amide bonds. The minimum atomic E-state index is -0.120. The van der Waals surface area contributed by atoms with Crippen LogP contribution in [0.4, 0.5) is 0 Å². The zero-order valence-electron chi connectivity index (χ0n) is 15.9. The molecule has 1 aliphatic rings. The number of nitrogens with one attached hydrogen (secondary N) is 1. The smallest absolute Gasteiger partial charge is 0.278 e. The van der Waals surface area contributed by atoms with E-state index in [1.165, 1.54) is 4.68 Å². The Morgan fingerprint density at radius 2 is 1.83 bits per heavy atom. The molecule has 0 aromatic carbocycles. The van der Waals surface area contributed by atoms with Crippen molar-refractivity contribution < 1.29 is 4.79 Å². The van der Waals surface area contributed by atoms with Crippen LogP contribution in [0.1, 0.15) is 62.3 Å². The molecular weight excluding hydrogens is 300 g/mol. The van der Waals surface area contributed by atoms with Gasteiger partial charge in [0.1, 0.15) is 5.82 Å². The molecule has 1 fully saturated rings. The summed E-state index contributed by atoms with van der Waals surface area (Å²) in [6, 6.07) is 0. The molecule has 1 heterocycles. The molecule has 5 nitrogen and oxygen atoms in total. The first-order valence-corrected chi connectivity index (χ1v) is 8.32. The minimum Gasteiger partial charge on any atom is -0.365 e. The number of aliphatic imine (C=N–C) groups is 1. The highest BCUT2D eigenvalue weighted by atomic mass is 16.2.